The number of fused-ring (bicyclic) bond motifs is 2. The van der Waals surface area contributed by atoms with Gasteiger partial charge in [-0.05, 0) is 48.7 Å². The minimum Gasteiger partial charge on any atom is -0.328 e. The lowest BCUT2D eigenvalue weighted by Gasteiger charge is -2.34. The largest absolute Gasteiger partial charge is 0.328 e. The number of carbonyl (C=O) groups is 2. The number of hydrogen-bond donors (Lipinski definition) is 1. The average Bonchev–Trinajstić information content (AvgIpc) is 3.40. The summed E-state index contributed by atoms with van der Waals surface area (Å²) in [5, 5.41) is 2.56. The Labute approximate surface area is 162 Å². The second-order valence-electron chi connectivity index (χ2n) is 6.96. The van der Waals surface area contributed by atoms with Gasteiger partial charge in [0.25, 0.3) is 12.3 Å². The van der Waals surface area contributed by atoms with E-state index in [0.29, 0.717) is 12.1 Å². The molecule has 0 bridgehead atoms. The van der Waals surface area contributed by atoms with Crippen LogP contribution in [0.15, 0.2) is 41.0 Å². The minimum atomic E-state index is -2.61. The molecule has 1 aliphatic heterocycles. The van der Waals surface area contributed by atoms with Crippen LogP contribution >= 0.6 is 15.9 Å². The Bertz CT molecular complexity index is 914. The number of amides is 2. The molecule has 8 heteroatoms. The Morgan fingerprint density at radius 3 is 2.70 bits per heavy atom. The number of aromatic nitrogens is 1. The minimum absolute atomic E-state index is 0.0650. The highest BCUT2D eigenvalue weighted by molar-refractivity contribution is 9.10. The van der Waals surface area contributed by atoms with Gasteiger partial charge in [-0.15, -0.1) is 0 Å². The molecule has 140 valence electrons. The van der Waals surface area contributed by atoms with E-state index in [1.165, 1.54) is 12.1 Å². The van der Waals surface area contributed by atoms with Crippen LogP contribution in [0.3, 0.4) is 0 Å². The molecule has 4 rings (SSSR count). The highest BCUT2D eigenvalue weighted by Crippen LogP contribution is 2.52. The fraction of sp³-hybridized carbons (Fsp3) is 0.316. The van der Waals surface area contributed by atoms with E-state index >= 15 is 0 Å². The number of carbonyl (C=O) groups excluding carboxylic acids is 2. The molecule has 1 N–H and O–H groups in total. The number of halogens is 3. The third-order valence-corrected chi connectivity index (χ3v) is 5.55. The van der Waals surface area contributed by atoms with Crippen molar-refractivity contribution in [3.05, 3.63) is 57.7 Å². The van der Waals surface area contributed by atoms with Crippen molar-refractivity contribution in [1.82, 2.24) is 9.88 Å². The smallest absolute Gasteiger partial charge is 0.265 e. The van der Waals surface area contributed by atoms with E-state index in [1.54, 1.807) is 11.0 Å². The molecule has 0 saturated heterocycles. The summed E-state index contributed by atoms with van der Waals surface area (Å²) in [6.07, 6.45) is 0.388. The van der Waals surface area contributed by atoms with Crippen molar-refractivity contribution < 1.29 is 18.4 Å². The monoisotopic (exact) mass is 435 g/mol. The topological polar surface area (TPSA) is 62.3 Å². The van der Waals surface area contributed by atoms with Crippen LogP contribution in [0.1, 0.15) is 40.8 Å². The molecule has 0 unspecified atom stereocenters. The molecule has 2 aromatic rings. The maximum atomic E-state index is 12.8. The van der Waals surface area contributed by atoms with Crippen LogP contribution in [-0.2, 0) is 10.2 Å². The fourth-order valence-electron chi connectivity index (χ4n) is 3.50. The van der Waals surface area contributed by atoms with E-state index in [1.807, 2.05) is 12.1 Å². The summed E-state index contributed by atoms with van der Waals surface area (Å²) in [5.74, 6) is -0.400. The van der Waals surface area contributed by atoms with E-state index in [-0.39, 0.29) is 29.2 Å². The first-order valence-electron chi connectivity index (χ1n) is 8.51. The molecule has 2 heterocycles. The van der Waals surface area contributed by atoms with Crippen molar-refractivity contribution in [3.63, 3.8) is 0 Å². The zero-order chi connectivity index (χ0) is 19.2. The molecule has 2 aliphatic rings. The van der Waals surface area contributed by atoms with Gasteiger partial charge in [0.15, 0.2) is 0 Å². The number of nitrogens with one attached hydrogen (secondary N) is 1. The zero-order valence-electron chi connectivity index (χ0n) is 14.2. The molecule has 1 aromatic carbocycles. The number of alkyl halides is 2. The van der Waals surface area contributed by atoms with Crippen molar-refractivity contribution >= 4 is 33.6 Å². The van der Waals surface area contributed by atoms with Gasteiger partial charge in [-0.2, -0.15) is 0 Å². The van der Waals surface area contributed by atoms with E-state index in [4.69, 9.17) is 0 Å². The third-order valence-electron chi connectivity index (χ3n) is 5.06. The average molecular weight is 436 g/mol. The van der Waals surface area contributed by atoms with Crippen molar-refractivity contribution in [3.8, 4) is 0 Å². The van der Waals surface area contributed by atoms with Crippen molar-refractivity contribution in [2.24, 2.45) is 0 Å². The van der Waals surface area contributed by atoms with Gasteiger partial charge in [0.05, 0.1) is 0 Å². The van der Waals surface area contributed by atoms with Gasteiger partial charge in [0.2, 0.25) is 5.91 Å². The predicted molar refractivity (Wildman–Crippen MR) is 98.8 cm³/mol. The lowest BCUT2D eigenvalue weighted by molar-refractivity contribution is -0.117. The zero-order valence-corrected chi connectivity index (χ0v) is 15.8. The summed E-state index contributed by atoms with van der Waals surface area (Å²) in [6, 6.07) is 8.15. The maximum Gasteiger partial charge on any atom is 0.265 e. The van der Waals surface area contributed by atoms with Gasteiger partial charge in [0, 0.05) is 33.8 Å². The molecule has 1 fully saturated rings. The fourth-order valence-corrected chi connectivity index (χ4v) is 3.87. The molecule has 0 radical (unpaired) electrons. The highest BCUT2D eigenvalue weighted by Gasteiger charge is 2.51. The van der Waals surface area contributed by atoms with Crippen LogP contribution < -0.4 is 5.32 Å². The first-order valence-corrected chi connectivity index (χ1v) is 9.30. The van der Waals surface area contributed by atoms with E-state index in [9.17, 15) is 18.4 Å². The Morgan fingerprint density at radius 1 is 1.30 bits per heavy atom. The third kappa shape index (κ3) is 3.45. The van der Waals surface area contributed by atoms with Crippen molar-refractivity contribution in [1.29, 1.82) is 0 Å². The van der Waals surface area contributed by atoms with Gasteiger partial charge in [-0.1, -0.05) is 15.9 Å². The van der Waals surface area contributed by atoms with Crippen LogP contribution in [0.4, 0.5) is 14.6 Å². The molecule has 1 saturated carbocycles. The number of pyridine rings is 1. The molecule has 1 aromatic heterocycles. The Morgan fingerprint density at radius 2 is 2.07 bits per heavy atom. The Hall–Kier alpha value is -2.35. The van der Waals surface area contributed by atoms with Gasteiger partial charge in [-0.25, -0.2) is 13.8 Å². The van der Waals surface area contributed by atoms with Crippen molar-refractivity contribution in [2.45, 2.75) is 24.7 Å². The first-order chi connectivity index (χ1) is 12.9. The van der Waals surface area contributed by atoms with Crippen LogP contribution in [0.5, 0.6) is 0 Å². The normalized spacial score (nSPS) is 17.2. The highest BCUT2D eigenvalue weighted by atomic mass is 79.9. The van der Waals surface area contributed by atoms with Gasteiger partial charge in [-0.3, -0.25) is 9.59 Å². The number of nitrogens with zero attached hydrogens (tertiary/aromatic N) is 2. The molecule has 27 heavy (non-hydrogen) atoms. The van der Waals surface area contributed by atoms with Gasteiger partial charge < -0.3 is 10.2 Å². The summed E-state index contributed by atoms with van der Waals surface area (Å²) < 4.78 is 26.1. The number of anilines is 1. The van der Waals surface area contributed by atoms with Crippen LogP contribution in [0, 0.1) is 0 Å². The summed E-state index contributed by atoms with van der Waals surface area (Å²) in [7, 11) is 0. The van der Waals surface area contributed by atoms with Crippen LogP contribution in [0.2, 0.25) is 0 Å². The van der Waals surface area contributed by atoms with Gasteiger partial charge in [0.1, 0.15) is 12.4 Å². The van der Waals surface area contributed by atoms with Gasteiger partial charge >= 0.3 is 0 Å². The number of hydrogen-bond acceptors (Lipinski definition) is 3. The van der Waals surface area contributed by atoms with Crippen LogP contribution in [-0.4, -0.2) is 34.8 Å². The molecule has 1 aliphatic carbocycles. The molecular weight excluding hydrogens is 420 g/mol. The summed E-state index contributed by atoms with van der Waals surface area (Å²) in [4.78, 5) is 30.5. The maximum absolute atomic E-state index is 12.8. The number of rotatable bonds is 4. The summed E-state index contributed by atoms with van der Waals surface area (Å²) >= 11 is 3.45. The Kier molecular flexibility index (Phi) is 4.46. The lowest BCUT2D eigenvalue weighted by Crippen LogP contribution is -2.46. The van der Waals surface area contributed by atoms with E-state index in [2.05, 4.69) is 26.2 Å². The summed E-state index contributed by atoms with van der Waals surface area (Å²) in [5.41, 5.74) is 1.40. The SMILES string of the molecule is O=C(CN1CC2(CC2)c2cc(Br)ccc2C1=O)Nc1ccc(C(F)F)cn1. The first kappa shape index (κ1) is 18.0. The molecule has 1 spiro atoms. The molecule has 0 atom stereocenters. The lowest BCUT2D eigenvalue weighted by atomic mass is 9.86. The standard InChI is InChI=1S/C19H16BrF2N3O2/c20-12-2-3-13-14(7-12)19(5-6-19)10-25(18(13)27)9-16(26)24-15-4-1-11(8-23-15)17(21)22/h1-4,7-8,17H,5-6,9-10H2,(H,23,24,26). The van der Waals surface area contributed by atoms with Crippen LogP contribution in [0.25, 0.3) is 0 Å². The van der Waals surface area contributed by atoms with E-state index in [0.717, 1.165) is 29.1 Å². The molecular formula is C19H16BrF2N3O2. The van der Waals surface area contributed by atoms with Crippen molar-refractivity contribution in [2.75, 3.05) is 18.4 Å². The predicted octanol–water partition coefficient (Wildman–Crippen LogP) is 3.91. The second kappa shape index (κ2) is 6.67. The summed E-state index contributed by atoms with van der Waals surface area (Å²) in [6.45, 7) is 0.398. The Balaban J connectivity index is 1.47. The molecule has 2 amide bonds. The molecule has 5 nitrogen and oxygen atoms in total. The quantitative estimate of drug-likeness (QED) is 0.791. The van der Waals surface area contributed by atoms with E-state index < -0.39 is 12.3 Å². The second-order valence-corrected chi connectivity index (χ2v) is 7.87. The number of benzene rings is 1.